The van der Waals surface area contributed by atoms with Crippen LogP contribution in [0, 0.1) is 11.7 Å². The van der Waals surface area contributed by atoms with Crippen LogP contribution in [0.3, 0.4) is 0 Å². The number of carbonyl (C=O) groups excluding carboxylic acids is 2. The van der Waals surface area contributed by atoms with Gasteiger partial charge in [-0.25, -0.2) is 4.39 Å². The second-order valence-electron chi connectivity index (χ2n) is 7.30. The van der Waals surface area contributed by atoms with Crippen LogP contribution in [0.25, 0.3) is 11.4 Å². The van der Waals surface area contributed by atoms with Crippen LogP contribution >= 0.6 is 0 Å². The average Bonchev–Trinajstić information content (AvgIpc) is 3.42. The van der Waals surface area contributed by atoms with Crippen molar-refractivity contribution in [1.82, 2.24) is 15.5 Å². The van der Waals surface area contributed by atoms with E-state index in [1.54, 1.807) is 55.3 Å². The molecule has 8 nitrogen and oxygen atoms in total. The van der Waals surface area contributed by atoms with Crippen molar-refractivity contribution in [2.24, 2.45) is 5.92 Å². The number of anilines is 1. The number of carbonyl (C=O) groups is 2. The number of benzene rings is 2. The highest BCUT2D eigenvalue weighted by Gasteiger charge is 2.36. The Labute approximate surface area is 178 Å². The van der Waals surface area contributed by atoms with Gasteiger partial charge in [-0.3, -0.25) is 9.59 Å². The van der Waals surface area contributed by atoms with E-state index in [0.717, 1.165) is 0 Å². The van der Waals surface area contributed by atoms with Gasteiger partial charge in [0.15, 0.2) is 0 Å². The SMILES string of the molecule is COc1cccc(N2CC(C(=O)NC(C)c3nc(-c4ccc(F)cc4)no3)CC2=O)c1. The molecule has 1 aromatic heterocycles. The molecule has 2 aromatic carbocycles. The number of nitrogens with zero attached hydrogens (tertiary/aromatic N) is 3. The third-order valence-corrected chi connectivity index (χ3v) is 5.13. The van der Waals surface area contributed by atoms with Crippen molar-refractivity contribution in [1.29, 1.82) is 0 Å². The molecule has 3 aromatic rings. The number of rotatable bonds is 6. The van der Waals surface area contributed by atoms with Gasteiger partial charge < -0.3 is 19.5 Å². The number of nitrogens with one attached hydrogen (secondary N) is 1. The molecule has 1 fully saturated rings. The lowest BCUT2D eigenvalue weighted by Crippen LogP contribution is -2.34. The fourth-order valence-corrected chi connectivity index (χ4v) is 3.43. The fraction of sp³-hybridized carbons (Fsp3) is 0.273. The van der Waals surface area contributed by atoms with Crippen LogP contribution in [-0.2, 0) is 9.59 Å². The van der Waals surface area contributed by atoms with E-state index >= 15 is 0 Å². The molecule has 160 valence electrons. The zero-order valence-corrected chi connectivity index (χ0v) is 17.0. The maximum Gasteiger partial charge on any atom is 0.249 e. The van der Waals surface area contributed by atoms with E-state index in [0.29, 0.717) is 22.8 Å². The lowest BCUT2D eigenvalue weighted by atomic mass is 10.1. The zero-order valence-electron chi connectivity index (χ0n) is 17.0. The van der Waals surface area contributed by atoms with Gasteiger partial charge >= 0.3 is 0 Å². The van der Waals surface area contributed by atoms with Crippen LogP contribution in [0.5, 0.6) is 5.75 Å². The maximum atomic E-state index is 13.1. The summed E-state index contributed by atoms with van der Waals surface area (Å²) in [6, 6.07) is 12.3. The lowest BCUT2D eigenvalue weighted by molar-refractivity contribution is -0.127. The molecule has 0 saturated carbocycles. The van der Waals surface area contributed by atoms with Crippen LogP contribution in [-0.4, -0.2) is 35.6 Å². The number of hydrogen-bond donors (Lipinski definition) is 1. The largest absolute Gasteiger partial charge is 0.497 e. The van der Waals surface area contributed by atoms with E-state index in [1.165, 1.54) is 12.1 Å². The predicted molar refractivity (Wildman–Crippen MR) is 110 cm³/mol. The van der Waals surface area contributed by atoms with E-state index in [4.69, 9.17) is 9.26 Å². The number of amides is 2. The van der Waals surface area contributed by atoms with Gasteiger partial charge in [0.25, 0.3) is 0 Å². The minimum atomic E-state index is -0.546. The summed E-state index contributed by atoms with van der Waals surface area (Å²) in [5, 5.41) is 6.72. The molecule has 1 aliphatic heterocycles. The number of aromatic nitrogens is 2. The minimum Gasteiger partial charge on any atom is -0.497 e. The topological polar surface area (TPSA) is 97.6 Å². The Hall–Kier alpha value is -3.75. The Morgan fingerprint density at radius 2 is 2.06 bits per heavy atom. The summed E-state index contributed by atoms with van der Waals surface area (Å²) in [4.78, 5) is 31.1. The second-order valence-corrected chi connectivity index (χ2v) is 7.30. The Morgan fingerprint density at radius 3 is 2.81 bits per heavy atom. The van der Waals surface area contributed by atoms with E-state index < -0.39 is 12.0 Å². The summed E-state index contributed by atoms with van der Waals surface area (Å²) >= 11 is 0. The molecule has 2 amide bonds. The summed E-state index contributed by atoms with van der Waals surface area (Å²) in [5.41, 5.74) is 1.29. The summed E-state index contributed by atoms with van der Waals surface area (Å²) in [5.74, 6) is -0.0915. The van der Waals surface area contributed by atoms with Crippen molar-refractivity contribution in [3.63, 3.8) is 0 Å². The van der Waals surface area contributed by atoms with Crippen LogP contribution < -0.4 is 15.0 Å². The number of hydrogen-bond acceptors (Lipinski definition) is 6. The van der Waals surface area contributed by atoms with Crippen molar-refractivity contribution in [2.75, 3.05) is 18.6 Å². The Bertz CT molecular complexity index is 1100. The van der Waals surface area contributed by atoms with Crippen molar-refractivity contribution >= 4 is 17.5 Å². The highest BCUT2D eigenvalue weighted by molar-refractivity contribution is 6.00. The molecule has 0 radical (unpaired) electrons. The molecule has 0 bridgehead atoms. The van der Waals surface area contributed by atoms with Gasteiger partial charge in [-0.15, -0.1) is 0 Å². The third-order valence-electron chi connectivity index (χ3n) is 5.13. The van der Waals surface area contributed by atoms with Gasteiger partial charge in [0.1, 0.15) is 17.6 Å². The van der Waals surface area contributed by atoms with Crippen molar-refractivity contribution in [2.45, 2.75) is 19.4 Å². The van der Waals surface area contributed by atoms with E-state index in [-0.39, 0.29) is 36.5 Å². The molecular formula is C22H21FN4O4. The molecule has 0 aliphatic carbocycles. The van der Waals surface area contributed by atoms with Crippen molar-refractivity contribution < 1.29 is 23.2 Å². The van der Waals surface area contributed by atoms with E-state index in [2.05, 4.69) is 15.5 Å². The van der Waals surface area contributed by atoms with Crippen molar-refractivity contribution in [3.8, 4) is 17.1 Å². The third kappa shape index (κ3) is 4.40. The normalized spacial score (nSPS) is 16.9. The summed E-state index contributed by atoms with van der Waals surface area (Å²) in [7, 11) is 1.56. The monoisotopic (exact) mass is 424 g/mol. The summed E-state index contributed by atoms with van der Waals surface area (Å²) in [6.07, 6.45) is 0.112. The fourth-order valence-electron chi connectivity index (χ4n) is 3.43. The summed E-state index contributed by atoms with van der Waals surface area (Å²) in [6.45, 7) is 1.99. The van der Waals surface area contributed by atoms with Gasteiger partial charge in [0.05, 0.1) is 13.0 Å². The second kappa shape index (κ2) is 8.55. The first kappa shape index (κ1) is 20.5. The molecular weight excluding hydrogens is 403 g/mol. The Balaban J connectivity index is 1.40. The molecule has 2 atom stereocenters. The first-order chi connectivity index (χ1) is 14.9. The van der Waals surface area contributed by atoms with Crippen molar-refractivity contribution in [3.05, 3.63) is 60.2 Å². The van der Waals surface area contributed by atoms with E-state index in [1.807, 2.05) is 0 Å². The van der Waals surface area contributed by atoms with Crippen LogP contribution in [0.1, 0.15) is 25.3 Å². The molecule has 2 unspecified atom stereocenters. The standard InChI is InChI=1S/C22H21FN4O4/c1-13(22-25-20(26-31-22)14-6-8-16(23)9-7-14)24-21(29)15-10-19(28)27(12-15)17-4-3-5-18(11-17)30-2/h3-9,11,13,15H,10,12H2,1-2H3,(H,24,29). The lowest BCUT2D eigenvalue weighted by Gasteiger charge is -2.18. The number of ether oxygens (including phenoxy) is 1. The summed E-state index contributed by atoms with van der Waals surface area (Å²) < 4.78 is 23.5. The predicted octanol–water partition coefficient (Wildman–Crippen LogP) is 3.11. The van der Waals surface area contributed by atoms with Gasteiger partial charge in [-0.1, -0.05) is 11.2 Å². The molecule has 0 spiro atoms. The van der Waals surface area contributed by atoms with E-state index in [9.17, 15) is 14.0 Å². The molecule has 31 heavy (non-hydrogen) atoms. The van der Waals surface area contributed by atoms with Gasteiger partial charge in [0.2, 0.25) is 23.5 Å². The quantitative estimate of drug-likeness (QED) is 0.653. The molecule has 4 rings (SSSR count). The highest BCUT2D eigenvalue weighted by atomic mass is 19.1. The average molecular weight is 424 g/mol. The molecule has 1 saturated heterocycles. The smallest absolute Gasteiger partial charge is 0.249 e. The zero-order chi connectivity index (χ0) is 22.0. The minimum absolute atomic E-state index is 0.112. The van der Waals surface area contributed by atoms with Crippen LogP contribution in [0.2, 0.25) is 0 Å². The first-order valence-electron chi connectivity index (χ1n) is 9.79. The highest BCUT2D eigenvalue weighted by Crippen LogP contribution is 2.28. The number of methoxy groups -OCH3 is 1. The first-order valence-corrected chi connectivity index (χ1v) is 9.79. The Kier molecular flexibility index (Phi) is 5.66. The van der Waals surface area contributed by atoms with Crippen LogP contribution in [0.15, 0.2) is 53.1 Å². The molecule has 2 heterocycles. The maximum absolute atomic E-state index is 13.1. The van der Waals surface area contributed by atoms with Gasteiger partial charge in [-0.05, 0) is 43.3 Å². The van der Waals surface area contributed by atoms with Gasteiger partial charge in [0, 0.05) is 30.3 Å². The van der Waals surface area contributed by atoms with Crippen LogP contribution in [0.4, 0.5) is 10.1 Å². The molecule has 1 aliphatic rings. The number of halogens is 1. The molecule has 1 N–H and O–H groups in total. The molecule has 9 heteroatoms. The van der Waals surface area contributed by atoms with Gasteiger partial charge in [-0.2, -0.15) is 4.98 Å². The Morgan fingerprint density at radius 1 is 1.29 bits per heavy atom.